The molecule has 1 amide bonds. The van der Waals surface area contributed by atoms with E-state index >= 15 is 0 Å². The SMILES string of the molecule is Cc1cc(-c2cc(C(=O)NCCCCCCCCc3ccccc3)cc(-c3ccc(F)c(C)c3)c2OCC(=O)O)ccc1F. The van der Waals surface area contributed by atoms with Crippen LogP contribution in [0.1, 0.15) is 65.6 Å². The Kier molecular flexibility index (Phi) is 11.6. The first-order chi connectivity index (χ1) is 21.2. The maximum Gasteiger partial charge on any atom is 0.341 e. The van der Waals surface area contributed by atoms with Crippen LogP contribution in [-0.2, 0) is 11.2 Å². The van der Waals surface area contributed by atoms with Gasteiger partial charge < -0.3 is 15.2 Å². The van der Waals surface area contributed by atoms with E-state index in [9.17, 15) is 23.5 Å². The largest absolute Gasteiger partial charge is 0.481 e. The summed E-state index contributed by atoms with van der Waals surface area (Å²) < 4.78 is 34.1. The Labute approximate surface area is 257 Å². The molecule has 4 aromatic carbocycles. The Morgan fingerprint density at radius 1 is 0.727 bits per heavy atom. The standard InChI is InChI=1S/C37H39F2NO4/c1-25-20-28(15-17-33(25)38)31-22-30(23-32(36(31)44-24-35(41)42)29-16-18-34(39)26(2)21-29)37(43)40-19-11-6-4-3-5-8-12-27-13-9-7-10-14-27/h7,9-10,13-18,20-23H,3-6,8,11-12,19,24H2,1-2H3,(H,40,43)(H,41,42). The summed E-state index contributed by atoms with van der Waals surface area (Å²) in [4.78, 5) is 24.8. The molecule has 0 saturated carbocycles. The van der Waals surface area contributed by atoms with Crippen molar-refractivity contribution in [2.75, 3.05) is 13.2 Å². The van der Waals surface area contributed by atoms with E-state index in [0.29, 0.717) is 45.5 Å². The first kappa shape index (κ1) is 32.4. The molecule has 4 aromatic rings. The predicted octanol–water partition coefficient (Wildman–Crippen LogP) is 8.69. The number of carboxylic acids is 1. The average molecular weight is 600 g/mol. The summed E-state index contributed by atoms with van der Waals surface area (Å²) in [6.45, 7) is 3.13. The van der Waals surface area contributed by atoms with E-state index in [4.69, 9.17) is 4.74 Å². The highest BCUT2D eigenvalue weighted by atomic mass is 19.1. The highest BCUT2D eigenvalue weighted by Gasteiger charge is 2.21. The smallest absolute Gasteiger partial charge is 0.341 e. The Morgan fingerprint density at radius 3 is 1.82 bits per heavy atom. The lowest BCUT2D eigenvalue weighted by Gasteiger charge is -2.19. The van der Waals surface area contributed by atoms with Gasteiger partial charge in [-0.05, 0) is 97.3 Å². The molecule has 4 rings (SSSR count). The summed E-state index contributed by atoms with van der Waals surface area (Å²) in [6.07, 6.45) is 7.54. The molecule has 0 aliphatic carbocycles. The van der Waals surface area contributed by atoms with Gasteiger partial charge in [0.2, 0.25) is 0 Å². The Hall–Kier alpha value is -4.52. The van der Waals surface area contributed by atoms with Crippen molar-refractivity contribution in [3.05, 3.63) is 113 Å². The van der Waals surface area contributed by atoms with Gasteiger partial charge in [-0.3, -0.25) is 4.79 Å². The van der Waals surface area contributed by atoms with Crippen molar-refractivity contribution in [1.82, 2.24) is 5.32 Å². The number of halogens is 2. The van der Waals surface area contributed by atoms with Crippen molar-refractivity contribution in [2.24, 2.45) is 0 Å². The van der Waals surface area contributed by atoms with Crippen LogP contribution in [-0.4, -0.2) is 30.1 Å². The van der Waals surface area contributed by atoms with Crippen LogP contribution in [0.4, 0.5) is 8.78 Å². The number of carboxylic acid groups (broad SMARTS) is 1. The zero-order chi connectivity index (χ0) is 31.5. The van der Waals surface area contributed by atoms with Crippen molar-refractivity contribution in [3.8, 4) is 28.0 Å². The maximum absolute atomic E-state index is 14.2. The summed E-state index contributed by atoms with van der Waals surface area (Å²) in [6, 6.07) is 22.8. The number of benzene rings is 4. The molecule has 230 valence electrons. The Morgan fingerprint density at radius 2 is 1.27 bits per heavy atom. The molecule has 0 fully saturated rings. The number of carbonyl (C=O) groups excluding carboxylic acids is 1. The van der Waals surface area contributed by atoms with Gasteiger partial charge in [-0.1, -0.05) is 68.1 Å². The number of aliphatic carboxylic acids is 1. The molecular weight excluding hydrogens is 560 g/mol. The van der Waals surface area contributed by atoms with E-state index in [1.54, 1.807) is 50.2 Å². The van der Waals surface area contributed by atoms with Gasteiger partial charge in [-0.2, -0.15) is 0 Å². The van der Waals surface area contributed by atoms with Crippen molar-refractivity contribution in [1.29, 1.82) is 0 Å². The minimum Gasteiger partial charge on any atom is -0.481 e. The second-order valence-electron chi connectivity index (χ2n) is 11.1. The molecule has 0 aromatic heterocycles. The van der Waals surface area contributed by atoms with E-state index < -0.39 is 12.6 Å². The second-order valence-corrected chi connectivity index (χ2v) is 11.1. The number of carbonyl (C=O) groups is 2. The average Bonchev–Trinajstić information content (AvgIpc) is 3.02. The molecular formula is C37H39F2NO4. The van der Waals surface area contributed by atoms with Gasteiger partial charge in [-0.25, -0.2) is 13.6 Å². The lowest BCUT2D eigenvalue weighted by molar-refractivity contribution is -0.139. The van der Waals surface area contributed by atoms with E-state index in [1.165, 1.54) is 30.5 Å². The fourth-order valence-electron chi connectivity index (χ4n) is 5.21. The number of hydrogen-bond acceptors (Lipinski definition) is 3. The normalized spacial score (nSPS) is 10.9. The van der Waals surface area contributed by atoms with Crippen LogP contribution in [0.3, 0.4) is 0 Å². The predicted molar refractivity (Wildman–Crippen MR) is 170 cm³/mol. The molecule has 0 unspecified atom stereocenters. The van der Waals surface area contributed by atoms with Crippen molar-refractivity contribution < 1.29 is 28.2 Å². The van der Waals surface area contributed by atoms with Crippen molar-refractivity contribution in [2.45, 2.75) is 58.8 Å². The second kappa shape index (κ2) is 15.8. The van der Waals surface area contributed by atoms with Crippen LogP contribution in [0.25, 0.3) is 22.3 Å². The number of aryl methyl sites for hydroxylation is 3. The van der Waals surface area contributed by atoms with Crippen LogP contribution in [0.5, 0.6) is 5.75 Å². The van der Waals surface area contributed by atoms with Gasteiger partial charge in [0.25, 0.3) is 5.91 Å². The van der Waals surface area contributed by atoms with Crippen molar-refractivity contribution >= 4 is 11.9 Å². The lowest BCUT2D eigenvalue weighted by Crippen LogP contribution is -2.24. The number of rotatable bonds is 15. The minimum atomic E-state index is -1.18. The molecule has 44 heavy (non-hydrogen) atoms. The molecule has 0 bridgehead atoms. The molecule has 0 saturated heterocycles. The fourth-order valence-corrected chi connectivity index (χ4v) is 5.21. The Balaban J connectivity index is 1.49. The van der Waals surface area contributed by atoms with Crippen LogP contribution in [0.2, 0.25) is 0 Å². The van der Waals surface area contributed by atoms with Crippen molar-refractivity contribution in [3.63, 3.8) is 0 Å². The monoisotopic (exact) mass is 599 g/mol. The Bertz CT molecular complexity index is 1510. The molecule has 0 aliphatic rings. The van der Waals surface area contributed by atoms with Crippen LogP contribution < -0.4 is 10.1 Å². The van der Waals surface area contributed by atoms with Crippen LogP contribution in [0, 0.1) is 25.5 Å². The van der Waals surface area contributed by atoms with Crippen LogP contribution in [0.15, 0.2) is 78.9 Å². The zero-order valence-electron chi connectivity index (χ0n) is 25.3. The fraction of sp³-hybridized carbons (Fsp3) is 0.297. The van der Waals surface area contributed by atoms with Gasteiger partial charge in [0, 0.05) is 23.2 Å². The van der Waals surface area contributed by atoms with Crippen LogP contribution >= 0.6 is 0 Å². The highest BCUT2D eigenvalue weighted by Crippen LogP contribution is 2.41. The van der Waals surface area contributed by atoms with Gasteiger partial charge in [0.05, 0.1) is 0 Å². The first-order valence-corrected chi connectivity index (χ1v) is 15.1. The molecule has 0 spiro atoms. The third-order valence-electron chi connectivity index (χ3n) is 7.65. The molecule has 0 atom stereocenters. The molecule has 5 nitrogen and oxygen atoms in total. The number of hydrogen-bond donors (Lipinski definition) is 2. The first-order valence-electron chi connectivity index (χ1n) is 15.1. The lowest BCUT2D eigenvalue weighted by atomic mass is 9.92. The van der Waals surface area contributed by atoms with Gasteiger partial charge >= 0.3 is 5.97 Å². The quantitative estimate of drug-likeness (QED) is 0.134. The van der Waals surface area contributed by atoms with Gasteiger partial charge in [0.15, 0.2) is 6.61 Å². The number of unbranched alkanes of at least 4 members (excludes halogenated alkanes) is 5. The maximum atomic E-state index is 14.2. The number of nitrogens with one attached hydrogen (secondary N) is 1. The number of amides is 1. The third kappa shape index (κ3) is 8.99. The van der Waals surface area contributed by atoms with E-state index in [-0.39, 0.29) is 23.3 Å². The summed E-state index contributed by atoms with van der Waals surface area (Å²) in [5, 5.41) is 12.4. The van der Waals surface area contributed by atoms with E-state index in [2.05, 4.69) is 29.6 Å². The summed E-state index contributed by atoms with van der Waals surface area (Å²) >= 11 is 0. The summed E-state index contributed by atoms with van der Waals surface area (Å²) in [7, 11) is 0. The highest BCUT2D eigenvalue weighted by molar-refractivity contribution is 5.99. The molecule has 0 aliphatic heterocycles. The number of ether oxygens (including phenoxy) is 1. The molecule has 2 N–H and O–H groups in total. The molecule has 7 heteroatoms. The third-order valence-corrected chi connectivity index (χ3v) is 7.65. The molecule has 0 heterocycles. The van der Waals surface area contributed by atoms with Gasteiger partial charge in [-0.15, -0.1) is 0 Å². The topological polar surface area (TPSA) is 75.6 Å². The summed E-state index contributed by atoms with van der Waals surface area (Å²) in [5.74, 6) is -2.03. The van der Waals surface area contributed by atoms with Gasteiger partial charge in [0.1, 0.15) is 17.4 Å². The van der Waals surface area contributed by atoms with E-state index in [0.717, 1.165) is 32.1 Å². The molecule has 0 radical (unpaired) electrons. The van der Waals surface area contributed by atoms with E-state index in [1.807, 2.05) is 6.07 Å². The zero-order valence-corrected chi connectivity index (χ0v) is 25.3. The summed E-state index contributed by atoms with van der Waals surface area (Å²) in [5.41, 5.74) is 4.48. The minimum absolute atomic E-state index is 0.216.